The van der Waals surface area contributed by atoms with Crippen LogP contribution in [0.1, 0.15) is 13.3 Å². The van der Waals surface area contributed by atoms with Crippen LogP contribution >= 0.6 is 11.8 Å². The first-order valence-corrected chi connectivity index (χ1v) is 9.51. The molecule has 0 bridgehead atoms. The van der Waals surface area contributed by atoms with Crippen molar-refractivity contribution in [1.82, 2.24) is 20.1 Å². The van der Waals surface area contributed by atoms with Crippen LogP contribution in [0.3, 0.4) is 0 Å². The average molecular weight is 361 g/mol. The number of anilines is 1. The number of para-hydroxylation sites is 1. The fourth-order valence-corrected chi connectivity index (χ4v) is 3.35. The van der Waals surface area contributed by atoms with Gasteiger partial charge < -0.3 is 15.0 Å². The number of benzene rings is 1. The number of hydrogen-bond donors (Lipinski definition) is 1. The predicted molar refractivity (Wildman–Crippen MR) is 98.4 cm³/mol. The highest BCUT2D eigenvalue weighted by molar-refractivity contribution is 7.99. The van der Waals surface area contributed by atoms with E-state index >= 15 is 0 Å². The molecule has 134 valence electrons. The molecule has 8 heteroatoms. The predicted octanol–water partition coefficient (Wildman–Crippen LogP) is 1.72. The summed E-state index contributed by atoms with van der Waals surface area (Å²) >= 11 is 1.40. The van der Waals surface area contributed by atoms with Crippen LogP contribution in [0.2, 0.25) is 0 Å². The van der Waals surface area contributed by atoms with Crippen molar-refractivity contribution in [2.24, 2.45) is 0 Å². The number of carbonyl (C=O) groups excluding carboxylic acids is 1. The molecule has 0 radical (unpaired) electrons. The Hall–Kier alpha value is -2.06. The molecule has 0 aliphatic carbocycles. The maximum atomic E-state index is 11.9. The van der Waals surface area contributed by atoms with Gasteiger partial charge >= 0.3 is 0 Å². The Labute approximate surface area is 151 Å². The minimum absolute atomic E-state index is 0.0161. The second kappa shape index (κ2) is 8.87. The number of ether oxygens (including phenoxy) is 1. The first-order chi connectivity index (χ1) is 12.3. The van der Waals surface area contributed by atoms with Crippen molar-refractivity contribution in [3.8, 4) is 5.69 Å². The standard InChI is InChI=1S/C17H23N5O2S/c1-2-8-18-15(23)13-25-17-20-19-16(21-9-11-24-12-10-21)22(17)14-6-4-3-5-7-14/h3-7H,2,8-13H2,1H3,(H,18,23). The van der Waals surface area contributed by atoms with Crippen LogP contribution in [0.5, 0.6) is 0 Å². The summed E-state index contributed by atoms with van der Waals surface area (Å²) in [6.45, 7) is 5.67. The van der Waals surface area contributed by atoms with E-state index in [4.69, 9.17) is 4.74 Å². The van der Waals surface area contributed by atoms with Crippen molar-refractivity contribution in [2.75, 3.05) is 43.5 Å². The van der Waals surface area contributed by atoms with Crippen LogP contribution in [0.25, 0.3) is 5.69 Å². The molecule has 0 unspecified atom stereocenters. The SMILES string of the molecule is CCCNC(=O)CSc1nnc(N2CCOCC2)n1-c1ccccc1. The zero-order chi connectivity index (χ0) is 17.5. The topological polar surface area (TPSA) is 72.3 Å². The van der Waals surface area contributed by atoms with E-state index in [-0.39, 0.29) is 5.91 Å². The minimum Gasteiger partial charge on any atom is -0.378 e. The summed E-state index contributed by atoms with van der Waals surface area (Å²) < 4.78 is 7.45. The van der Waals surface area contributed by atoms with Crippen molar-refractivity contribution < 1.29 is 9.53 Å². The number of aromatic nitrogens is 3. The second-order valence-electron chi connectivity index (χ2n) is 5.69. The number of amides is 1. The van der Waals surface area contributed by atoms with Gasteiger partial charge in [0.05, 0.1) is 24.7 Å². The van der Waals surface area contributed by atoms with Gasteiger partial charge in [-0.05, 0) is 18.6 Å². The van der Waals surface area contributed by atoms with Crippen LogP contribution in [0.4, 0.5) is 5.95 Å². The van der Waals surface area contributed by atoms with Crippen molar-refractivity contribution in [3.63, 3.8) is 0 Å². The van der Waals surface area contributed by atoms with Crippen molar-refractivity contribution in [1.29, 1.82) is 0 Å². The zero-order valence-electron chi connectivity index (χ0n) is 14.4. The molecule has 1 amide bonds. The summed E-state index contributed by atoms with van der Waals surface area (Å²) in [6, 6.07) is 10.00. The van der Waals surface area contributed by atoms with E-state index in [1.165, 1.54) is 11.8 Å². The van der Waals surface area contributed by atoms with Gasteiger partial charge in [-0.3, -0.25) is 9.36 Å². The lowest BCUT2D eigenvalue weighted by Crippen LogP contribution is -2.37. The van der Waals surface area contributed by atoms with Crippen molar-refractivity contribution >= 4 is 23.6 Å². The lowest BCUT2D eigenvalue weighted by Gasteiger charge is -2.27. The number of morpholine rings is 1. The van der Waals surface area contributed by atoms with Crippen LogP contribution in [-0.2, 0) is 9.53 Å². The Morgan fingerprint density at radius 1 is 1.24 bits per heavy atom. The van der Waals surface area contributed by atoms with Crippen molar-refractivity contribution in [2.45, 2.75) is 18.5 Å². The van der Waals surface area contributed by atoms with Gasteiger partial charge in [-0.2, -0.15) is 0 Å². The van der Waals surface area contributed by atoms with Gasteiger partial charge in [0.25, 0.3) is 0 Å². The Morgan fingerprint density at radius 3 is 2.72 bits per heavy atom. The van der Waals surface area contributed by atoms with E-state index in [9.17, 15) is 4.79 Å². The number of rotatable bonds is 7. The monoisotopic (exact) mass is 361 g/mol. The number of hydrogen-bond acceptors (Lipinski definition) is 6. The molecule has 1 aromatic heterocycles. The summed E-state index contributed by atoms with van der Waals surface area (Å²) in [6.07, 6.45) is 0.928. The summed E-state index contributed by atoms with van der Waals surface area (Å²) in [5.41, 5.74) is 0.991. The molecule has 3 rings (SSSR count). The smallest absolute Gasteiger partial charge is 0.232 e. The zero-order valence-corrected chi connectivity index (χ0v) is 15.2. The first-order valence-electron chi connectivity index (χ1n) is 8.52. The molecule has 2 heterocycles. The third-order valence-electron chi connectivity index (χ3n) is 3.83. The first kappa shape index (κ1) is 17.8. The van der Waals surface area contributed by atoms with Gasteiger partial charge in [-0.15, -0.1) is 10.2 Å². The summed E-state index contributed by atoms with van der Waals surface area (Å²) in [4.78, 5) is 14.1. The maximum absolute atomic E-state index is 11.9. The molecule has 1 saturated heterocycles. The Morgan fingerprint density at radius 2 is 2.00 bits per heavy atom. The molecule has 7 nitrogen and oxygen atoms in total. The fourth-order valence-electron chi connectivity index (χ4n) is 2.57. The van der Waals surface area contributed by atoms with Gasteiger partial charge in [0, 0.05) is 19.6 Å². The van der Waals surface area contributed by atoms with Crippen LogP contribution in [-0.4, -0.2) is 59.3 Å². The van der Waals surface area contributed by atoms with Gasteiger partial charge in [0.2, 0.25) is 11.9 Å². The van der Waals surface area contributed by atoms with E-state index in [1.807, 2.05) is 41.8 Å². The van der Waals surface area contributed by atoms with Gasteiger partial charge in [0.15, 0.2) is 5.16 Å². The molecular weight excluding hydrogens is 338 g/mol. The van der Waals surface area contributed by atoms with E-state index in [0.29, 0.717) is 25.5 Å². The average Bonchev–Trinajstić information content (AvgIpc) is 3.10. The summed E-state index contributed by atoms with van der Waals surface area (Å²) in [7, 11) is 0. The quantitative estimate of drug-likeness (QED) is 0.757. The van der Waals surface area contributed by atoms with Gasteiger partial charge in [-0.25, -0.2) is 0 Å². The Balaban J connectivity index is 1.82. The van der Waals surface area contributed by atoms with Crippen LogP contribution < -0.4 is 10.2 Å². The minimum atomic E-state index is 0.0161. The normalized spacial score (nSPS) is 14.5. The molecule has 25 heavy (non-hydrogen) atoms. The lowest BCUT2D eigenvalue weighted by molar-refractivity contribution is -0.118. The largest absolute Gasteiger partial charge is 0.378 e. The van der Waals surface area contributed by atoms with E-state index in [0.717, 1.165) is 36.3 Å². The third-order valence-corrected chi connectivity index (χ3v) is 4.76. The third kappa shape index (κ3) is 4.52. The molecule has 1 aromatic carbocycles. The molecule has 0 spiro atoms. The van der Waals surface area contributed by atoms with E-state index < -0.39 is 0 Å². The maximum Gasteiger partial charge on any atom is 0.232 e. The molecule has 1 fully saturated rings. The summed E-state index contributed by atoms with van der Waals surface area (Å²) in [5.74, 6) is 1.14. The highest BCUT2D eigenvalue weighted by Gasteiger charge is 2.22. The Bertz CT molecular complexity index is 686. The molecule has 0 atom stereocenters. The Kier molecular flexibility index (Phi) is 6.30. The lowest BCUT2D eigenvalue weighted by atomic mass is 10.3. The summed E-state index contributed by atoms with van der Waals surface area (Å²) in [5, 5.41) is 12.3. The number of nitrogens with one attached hydrogen (secondary N) is 1. The van der Waals surface area contributed by atoms with Crippen LogP contribution in [0.15, 0.2) is 35.5 Å². The highest BCUT2D eigenvalue weighted by Crippen LogP contribution is 2.26. The number of thioether (sulfide) groups is 1. The van der Waals surface area contributed by atoms with Gasteiger partial charge in [0.1, 0.15) is 0 Å². The highest BCUT2D eigenvalue weighted by atomic mass is 32.2. The van der Waals surface area contributed by atoms with E-state index in [2.05, 4.69) is 20.4 Å². The second-order valence-corrected chi connectivity index (χ2v) is 6.63. The molecule has 2 aromatic rings. The molecule has 1 N–H and O–H groups in total. The number of carbonyl (C=O) groups is 1. The van der Waals surface area contributed by atoms with Gasteiger partial charge in [-0.1, -0.05) is 36.9 Å². The molecule has 1 aliphatic rings. The van der Waals surface area contributed by atoms with Crippen LogP contribution in [0, 0.1) is 0 Å². The number of nitrogens with zero attached hydrogens (tertiary/aromatic N) is 4. The fraction of sp³-hybridized carbons (Fsp3) is 0.471. The molecule has 0 saturated carbocycles. The molecule has 1 aliphatic heterocycles. The molecular formula is C17H23N5O2S. The van der Waals surface area contributed by atoms with Crippen molar-refractivity contribution in [3.05, 3.63) is 30.3 Å². The van der Waals surface area contributed by atoms with E-state index in [1.54, 1.807) is 0 Å².